The second-order valence-electron chi connectivity index (χ2n) is 5.95. The lowest BCUT2D eigenvalue weighted by atomic mass is 10.2. The van der Waals surface area contributed by atoms with E-state index < -0.39 is 0 Å². The number of rotatable bonds is 5. The number of benzene rings is 2. The standard InChI is InChI=1S/C19H18N2O2S/c22-12-14-7-9-16(10-8-14)23-13-15-4-3-11-21(15)19-20-17-5-1-2-6-18(17)24-19/h1-2,5-10,12,15H,3-4,11,13H2/t15-/m0/s1. The van der Waals surface area contributed by atoms with Crippen LogP contribution in [0.2, 0.25) is 0 Å². The second-order valence-corrected chi connectivity index (χ2v) is 6.96. The number of thiazole rings is 1. The van der Waals surface area contributed by atoms with E-state index in [-0.39, 0.29) is 0 Å². The van der Waals surface area contributed by atoms with Crippen molar-refractivity contribution in [1.29, 1.82) is 0 Å². The van der Waals surface area contributed by atoms with Gasteiger partial charge in [-0.25, -0.2) is 4.98 Å². The number of anilines is 1. The number of carbonyl (C=O) groups is 1. The van der Waals surface area contributed by atoms with Gasteiger partial charge in [-0.2, -0.15) is 0 Å². The van der Waals surface area contributed by atoms with Gasteiger partial charge in [0.05, 0.1) is 16.3 Å². The fourth-order valence-electron chi connectivity index (χ4n) is 3.08. The third-order valence-electron chi connectivity index (χ3n) is 4.36. The average molecular weight is 338 g/mol. The first-order valence-electron chi connectivity index (χ1n) is 8.14. The first kappa shape index (κ1) is 15.1. The minimum absolute atomic E-state index is 0.344. The van der Waals surface area contributed by atoms with Gasteiger partial charge in [0, 0.05) is 12.1 Å². The van der Waals surface area contributed by atoms with Gasteiger partial charge >= 0.3 is 0 Å². The van der Waals surface area contributed by atoms with Crippen LogP contribution >= 0.6 is 11.3 Å². The van der Waals surface area contributed by atoms with Gasteiger partial charge in [-0.15, -0.1) is 0 Å². The van der Waals surface area contributed by atoms with Crippen molar-refractivity contribution in [1.82, 2.24) is 4.98 Å². The molecular weight excluding hydrogens is 320 g/mol. The molecule has 0 spiro atoms. The van der Waals surface area contributed by atoms with Gasteiger partial charge in [-0.3, -0.25) is 4.79 Å². The number of para-hydroxylation sites is 1. The van der Waals surface area contributed by atoms with Gasteiger partial charge in [-0.1, -0.05) is 23.5 Å². The van der Waals surface area contributed by atoms with Crippen LogP contribution in [0.3, 0.4) is 0 Å². The molecule has 0 radical (unpaired) electrons. The smallest absolute Gasteiger partial charge is 0.186 e. The van der Waals surface area contributed by atoms with Crippen LogP contribution < -0.4 is 9.64 Å². The largest absolute Gasteiger partial charge is 0.491 e. The highest BCUT2D eigenvalue weighted by atomic mass is 32.1. The Balaban J connectivity index is 1.46. The fourth-order valence-corrected chi connectivity index (χ4v) is 4.14. The van der Waals surface area contributed by atoms with Gasteiger partial charge < -0.3 is 9.64 Å². The molecule has 1 saturated heterocycles. The van der Waals surface area contributed by atoms with Crippen LogP contribution in [-0.4, -0.2) is 30.5 Å². The van der Waals surface area contributed by atoms with Crippen molar-refractivity contribution >= 4 is 33.0 Å². The van der Waals surface area contributed by atoms with E-state index in [1.165, 1.54) is 4.70 Å². The zero-order valence-electron chi connectivity index (χ0n) is 13.2. The fraction of sp³-hybridized carbons (Fsp3) is 0.263. The number of aldehydes is 1. The molecule has 0 bridgehead atoms. The minimum Gasteiger partial charge on any atom is -0.491 e. The summed E-state index contributed by atoms with van der Waals surface area (Å²) >= 11 is 1.75. The monoisotopic (exact) mass is 338 g/mol. The molecule has 5 heteroatoms. The zero-order valence-corrected chi connectivity index (χ0v) is 14.0. The van der Waals surface area contributed by atoms with Crippen LogP contribution in [0.1, 0.15) is 23.2 Å². The highest BCUT2D eigenvalue weighted by Crippen LogP contribution is 2.33. The molecule has 3 aromatic rings. The van der Waals surface area contributed by atoms with Gasteiger partial charge in [0.2, 0.25) is 0 Å². The van der Waals surface area contributed by atoms with Crippen molar-refractivity contribution in [3.8, 4) is 5.75 Å². The Morgan fingerprint density at radius 1 is 1.21 bits per heavy atom. The molecular formula is C19H18N2O2S. The van der Waals surface area contributed by atoms with E-state index in [2.05, 4.69) is 23.1 Å². The van der Waals surface area contributed by atoms with Crippen molar-refractivity contribution in [2.45, 2.75) is 18.9 Å². The van der Waals surface area contributed by atoms with Crippen LogP contribution in [-0.2, 0) is 0 Å². The van der Waals surface area contributed by atoms with Crippen LogP contribution in [0.5, 0.6) is 5.75 Å². The van der Waals surface area contributed by atoms with Crippen LogP contribution in [0.15, 0.2) is 48.5 Å². The summed E-state index contributed by atoms with van der Waals surface area (Å²) < 4.78 is 7.16. The summed E-state index contributed by atoms with van der Waals surface area (Å²) in [6, 6.07) is 15.9. The van der Waals surface area contributed by atoms with Gasteiger partial charge in [0.25, 0.3) is 0 Å². The van der Waals surface area contributed by atoms with Gasteiger partial charge in [-0.05, 0) is 49.2 Å². The molecule has 0 N–H and O–H groups in total. The van der Waals surface area contributed by atoms with E-state index in [0.29, 0.717) is 18.2 Å². The Kier molecular flexibility index (Phi) is 4.17. The normalized spacial score (nSPS) is 17.3. The molecule has 0 amide bonds. The summed E-state index contributed by atoms with van der Waals surface area (Å²) in [4.78, 5) is 17.8. The molecule has 4 nitrogen and oxygen atoms in total. The molecule has 1 atom stereocenters. The molecule has 1 aliphatic rings. The van der Waals surface area contributed by atoms with E-state index in [9.17, 15) is 4.79 Å². The predicted octanol–water partition coefficient (Wildman–Crippen LogP) is 4.16. The summed E-state index contributed by atoms with van der Waals surface area (Å²) in [7, 11) is 0. The Morgan fingerprint density at radius 2 is 2.04 bits per heavy atom. The number of fused-ring (bicyclic) bond motifs is 1. The van der Waals surface area contributed by atoms with Crippen molar-refractivity contribution in [3.05, 3.63) is 54.1 Å². The molecule has 0 saturated carbocycles. The lowest BCUT2D eigenvalue weighted by Gasteiger charge is -2.24. The number of aromatic nitrogens is 1. The maximum Gasteiger partial charge on any atom is 0.186 e. The van der Waals surface area contributed by atoms with E-state index in [1.807, 2.05) is 18.2 Å². The summed E-state index contributed by atoms with van der Waals surface area (Å²) in [6.45, 7) is 1.66. The highest BCUT2D eigenvalue weighted by Gasteiger charge is 2.27. The number of carbonyl (C=O) groups excluding carboxylic acids is 1. The number of hydrogen-bond acceptors (Lipinski definition) is 5. The predicted molar refractivity (Wildman–Crippen MR) is 97.3 cm³/mol. The Bertz CT molecular complexity index is 811. The molecule has 0 unspecified atom stereocenters. The maximum atomic E-state index is 10.7. The lowest BCUT2D eigenvalue weighted by Crippen LogP contribution is -2.34. The first-order chi connectivity index (χ1) is 11.8. The van der Waals surface area contributed by atoms with Crippen molar-refractivity contribution < 1.29 is 9.53 Å². The zero-order chi connectivity index (χ0) is 16.4. The van der Waals surface area contributed by atoms with Gasteiger partial charge in [0.1, 0.15) is 18.6 Å². The summed E-state index contributed by atoms with van der Waals surface area (Å²) in [5.41, 5.74) is 1.73. The first-order valence-corrected chi connectivity index (χ1v) is 8.95. The van der Waals surface area contributed by atoms with Crippen molar-refractivity contribution in [3.63, 3.8) is 0 Å². The summed E-state index contributed by atoms with van der Waals surface area (Å²) in [5.74, 6) is 0.803. The molecule has 0 aliphatic carbocycles. The number of hydrogen-bond donors (Lipinski definition) is 0. The molecule has 2 heterocycles. The molecule has 1 aliphatic heterocycles. The Labute approximate surface area is 144 Å². The minimum atomic E-state index is 0.344. The van der Waals surface area contributed by atoms with Crippen molar-refractivity contribution in [2.24, 2.45) is 0 Å². The van der Waals surface area contributed by atoms with Crippen LogP contribution in [0, 0.1) is 0 Å². The summed E-state index contributed by atoms with van der Waals surface area (Å²) in [5, 5.41) is 1.08. The third-order valence-corrected chi connectivity index (χ3v) is 5.44. The SMILES string of the molecule is O=Cc1ccc(OC[C@@H]2CCCN2c2nc3ccccc3s2)cc1. The van der Waals surface area contributed by atoms with Crippen molar-refractivity contribution in [2.75, 3.05) is 18.1 Å². The second kappa shape index (κ2) is 6.61. The Hall–Kier alpha value is -2.40. The maximum absolute atomic E-state index is 10.7. The van der Waals surface area contributed by atoms with E-state index in [0.717, 1.165) is 42.1 Å². The molecule has 1 fully saturated rings. The Morgan fingerprint density at radius 3 is 2.83 bits per heavy atom. The molecule has 122 valence electrons. The summed E-state index contributed by atoms with van der Waals surface area (Å²) in [6.07, 6.45) is 3.12. The van der Waals surface area contributed by atoms with E-state index in [1.54, 1.807) is 23.5 Å². The number of ether oxygens (including phenoxy) is 1. The topological polar surface area (TPSA) is 42.4 Å². The highest BCUT2D eigenvalue weighted by molar-refractivity contribution is 7.22. The van der Waals surface area contributed by atoms with E-state index >= 15 is 0 Å². The van der Waals surface area contributed by atoms with E-state index in [4.69, 9.17) is 9.72 Å². The average Bonchev–Trinajstić information content (AvgIpc) is 3.26. The van der Waals surface area contributed by atoms with Crippen LogP contribution in [0.4, 0.5) is 5.13 Å². The molecule has 1 aromatic heterocycles. The van der Waals surface area contributed by atoms with Gasteiger partial charge in [0.15, 0.2) is 5.13 Å². The molecule has 2 aromatic carbocycles. The number of nitrogens with zero attached hydrogens (tertiary/aromatic N) is 2. The molecule has 4 rings (SSSR count). The molecule has 24 heavy (non-hydrogen) atoms. The van der Waals surface area contributed by atoms with Crippen LogP contribution in [0.25, 0.3) is 10.2 Å². The lowest BCUT2D eigenvalue weighted by molar-refractivity contribution is 0.112. The third kappa shape index (κ3) is 2.99. The quantitative estimate of drug-likeness (QED) is 0.655.